The van der Waals surface area contributed by atoms with Gasteiger partial charge in [0.1, 0.15) is 22.8 Å². The lowest BCUT2D eigenvalue weighted by atomic mass is 10.1. The summed E-state index contributed by atoms with van der Waals surface area (Å²) in [6, 6.07) is 9.28. The van der Waals surface area contributed by atoms with E-state index in [1.54, 1.807) is 12.1 Å². The van der Waals surface area contributed by atoms with E-state index >= 15 is 0 Å². The molecule has 0 saturated heterocycles. The Kier molecular flexibility index (Phi) is 4.40. The number of nitrogens with two attached hydrogens (primary N) is 1. The van der Waals surface area contributed by atoms with Gasteiger partial charge in [0.15, 0.2) is 0 Å². The van der Waals surface area contributed by atoms with Gasteiger partial charge in [-0.1, -0.05) is 25.5 Å². The van der Waals surface area contributed by atoms with Gasteiger partial charge in [0.05, 0.1) is 17.2 Å². The second-order valence-electron chi connectivity index (χ2n) is 5.62. The van der Waals surface area contributed by atoms with Crippen molar-refractivity contribution >= 4 is 10.9 Å². The van der Waals surface area contributed by atoms with Crippen LogP contribution >= 0.6 is 0 Å². The van der Waals surface area contributed by atoms with E-state index in [0.29, 0.717) is 12.2 Å². The highest BCUT2D eigenvalue weighted by Crippen LogP contribution is 2.21. The lowest BCUT2D eigenvalue weighted by molar-refractivity contribution is 0.578. The first-order chi connectivity index (χ1) is 11.5. The highest BCUT2D eigenvalue weighted by molar-refractivity contribution is 5.78. The molecule has 0 aliphatic heterocycles. The second kappa shape index (κ2) is 6.49. The van der Waals surface area contributed by atoms with Crippen LogP contribution in [0.2, 0.25) is 0 Å². The predicted octanol–water partition coefficient (Wildman–Crippen LogP) is 3.46. The number of hydrogen-bond acceptors (Lipinski definition) is 3. The molecular weight excluding hydrogens is 312 g/mol. The summed E-state index contributed by atoms with van der Waals surface area (Å²) >= 11 is 0. The zero-order chi connectivity index (χ0) is 17.3. The van der Waals surface area contributed by atoms with Crippen LogP contribution in [0.4, 0.5) is 8.78 Å². The van der Waals surface area contributed by atoms with Gasteiger partial charge in [-0.05, 0) is 36.8 Å². The molecule has 3 aromatic rings. The highest BCUT2D eigenvalue weighted by atomic mass is 19.1. The summed E-state index contributed by atoms with van der Waals surface area (Å²) in [5.74, 6) is -0.862. The molecule has 0 fully saturated rings. The topological polar surface area (TPSA) is 60.9 Å². The normalized spacial score (nSPS) is 12.5. The molecular formula is C18H17F2N3O. The summed E-state index contributed by atoms with van der Waals surface area (Å²) in [6.45, 7) is 1.96. The summed E-state index contributed by atoms with van der Waals surface area (Å²) in [7, 11) is 0. The predicted molar refractivity (Wildman–Crippen MR) is 89.1 cm³/mol. The molecule has 1 atom stereocenters. The fourth-order valence-corrected chi connectivity index (χ4v) is 2.76. The van der Waals surface area contributed by atoms with E-state index < -0.39 is 23.2 Å². The largest absolute Gasteiger partial charge is 0.321 e. The molecule has 24 heavy (non-hydrogen) atoms. The Bertz CT molecular complexity index is 953. The van der Waals surface area contributed by atoms with Crippen LogP contribution in [0, 0.1) is 11.6 Å². The fraction of sp³-hybridized carbons (Fsp3) is 0.222. The summed E-state index contributed by atoms with van der Waals surface area (Å²) in [4.78, 5) is 17.3. The van der Waals surface area contributed by atoms with Crippen molar-refractivity contribution in [2.75, 3.05) is 0 Å². The van der Waals surface area contributed by atoms with E-state index in [1.165, 1.54) is 34.9 Å². The number of fused-ring (bicyclic) bond motifs is 1. The molecule has 0 unspecified atom stereocenters. The van der Waals surface area contributed by atoms with Gasteiger partial charge in [-0.25, -0.2) is 13.8 Å². The molecule has 2 N–H and O–H groups in total. The van der Waals surface area contributed by atoms with Gasteiger partial charge in [-0.3, -0.25) is 9.36 Å². The monoisotopic (exact) mass is 329 g/mol. The summed E-state index contributed by atoms with van der Waals surface area (Å²) < 4.78 is 29.0. The lowest BCUT2D eigenvalue weighted by Crippen LogP contribution is -2.29. The third-order valence-electron chi connectivity index (χ3n) is 3.87. The quantitative estimate of drug-likeness (QED) is 0.797. The first kappa shape index (κ1) is 16.3. The van der Waals surface area contributed by atoms with Gasteiger partial charge in [-0.2, -0.15) is 0 Å². The van der Waals surface area contributed by atoms with Crippen molar-refractivity contribution in [1.29, 1.82) is 0 Å². The van der Waals surface area contributed by atoms with Crippen LogP contribution in [0.15, 0.2) is 47.3 Å². The van der Waals surface area contributed by atoms with Gasteiger partial charge in [-0.15, -0.1) is 0 Å². The van der Waals surface area contributed by atoms with Crippen molar-refractivity contribution in [3.05, 3.63) is 70.3 Å². The molecule has 2 aromatic carbocycles. The Balaban J connectivity index is 2.39. The Morgan fingerprint density at radius 3 is 2.67 bits per heavy atom. The van der Waals surface area contributed by atoms with Crippen LogP contribution in [0.3, 0.4) is 0 Å². The maximum absolute atomic E-state index is 14.1. The zero-order valence-electron chi connectivity index (χ0n) is 13.2. The minimum Gasteiger partial charge on any atom is -0.321 e. The average Bonchev–Trinajstić information content (AvgIpc) is 2.54. The van der Waals surface area contributed by atoms with Gasteiger partial charge in [0.25, 0.3) is 5.56 Å². The van der Waals surface area contributed by atoms with Crippen LogP contribution in [-0.2, 0) is 0 Å². The molecule has 1 heterocycles. The van der Waals surface area contributed by atoms with Crippen LogP contribution in [0.5, 0.6) is 0 Å². The molecule has 4 nitrogen and oxygen atoms in total. The first-order valence-corrected chi connectivity index (χ1v) is 7.75. The molecule has 6 heteroatoms. The lowest BCUT2D eigenvalue weighted by Gasteiger charge is -2.18. The molecule has 1 aromatic heterocycles. The molecule has 3 rings (SSSR count). The maximum Gasteiger partial charge on any atom is 0.269 e. The molecule has 0 saturated carbocycles. The molecule has 0 bridgehead atoms. The van der Waals surface area contributed by atoms with E-state index in [0.717, 1.165) is 6.42 Å². The van der Waals surface area contributed by atoms with Gasteiger partial charge in [0, 0.05) is 0 Å². The van der Waals surface area contributed by atoms with E-state index in [2.05, 4.69) is 4.98 Å². The van der Waals surface area contributed by atoms with Crippen molar-refractivity contribution < 1.29 is 8.78 Å². The average molecular weight is 329 g/mol. The van der Waals surface area contributed by atoms with Crippen LogP contribution in [0.1, 0.15) is 31.6 Å². The Hall–Kier alpha value is -2.60. The van der Waals surface area contributed by atoms with Crippen LogP contribution in [0.25, 0.3) is 16.6 Å². The second-order valence-corrected chi connectivity index (χ2v) is 5.62. The van der Waals surface area contributed by atoms with Crippen molar-refractivity contribution in [3.8, 4) is 5.69 Å². The van der Waals surface area contributed by atoms with E-state index in [9.17, 15) is 13.6 Å². The van der Waals surface area contributed by atoms with Crippen LogP contribution in [-0.4, -0.2) is 9.55 Å². The van der Waals surface area contributed by atoms with Crippen LogP contribution < -0.4 is 11.3 Å². The van der Waals surface area contributed by atoms with Crippen molar-refractivity contribution in [3.63, 3.8) is 0 Å². The van der Waals surface area contributed by atoms with Gasteiger partial charge in [0.2, 0.25) is 0 Å². The number of halogens is 2. The number of rotatable bonds is 4. The van der Waals surface area contributed by atoms with Crippen molar-refractivity contribution in [1.82, 2.24) is 9.55 Å². The van der Waals surface area contributed by atoms with Gasteiger partial charge < -0.3 is 5.73 Å². The van der Waals surface area contributed by atoms with Gasteiger partial charge >= 0.3 is 0 Å². The molecule has 0 amide bonds. The molecule has 0 aliphatic carbocycles. The zero-order valence-corrected chi connectivity index (χ0v) is 13.2. The third-order valence-corrected chi connectivity index (χ3v) is 3.87. The number of nitrogens with zero attached hydrogens (tertiary/aromatic N) is 2. The van der Waals surface area contributed by atoms with Crippen molar-refractivity contribution in [2.24, 2.45) is 5.73 Å². The third kappa shape index (κ3) is 2.80. The summed E-state index contributed by atoms with van der Waals surface area (Å²) in [5.41, 5.74) is 6.10. The number of hydrogen-bond donors (Lipinski definition) is 1. The summed E-state index contributed by atoms with van der Waals surface area (Å²) in [5, 5.41) is -0.130. The minimum absolute atomic E-state index is 0.130. The molecule has 0 aliphatic rings. The van der Waals surface area contributed by atoms with E-state index in [-0.39, 0.29) is 16.6 Å². The van der Waals surface area contributed by atoms with E-state index in [4.69, 9.17) is 5.73 Å². The Labute approximate surface area is 137 Å². The van der Waals surface area contributed by atoms with Crippen molar-refractivity contribution in [2.45, 2.75) is 25.8 Å². The number of aromatic nitrogens is 2. The Morgan fingerprint density at radius 1 is 1.21 bits per heavy atom. The SMILES string of the molecule is CCC[C@@H](N)c1nc2cccc(F)c2c(=O)n1-c1cccc(F)c1. The van der Waals surface area contributed by atoms with E-state index in [1.807, 2.05) is 6.92 Å². The molecule has 0 spiro atoms. The number of benzene rings is 2. The summed E-state index contributed by atoms with van der Waals surface area (Å²) in [6.07, 6.45) is 1.39. The smallest absolute Gasteiger partial charge is 0.269 e. The fourth-order valence-electron chi connectivity index (χ4n) is 2.76. The first-order valence-electron chi connectivity index (χ1n) is 7.75. The molecule has 0 radical (unpaired) electrons. The highest BCUT2D eigenvalue weighted by Gasteiger charge is 2.19. The standard InChI is InChI=1S/C18H17F2N3O/c1-2-5-14(21)17-22-15-9-4-8-13(20)16(15)18(24)23(17)12-7-3-6-11(19)10-12/h3-4,6-10,14H,2,5,21H2,1H3/t14-/m1/s1. The maximum atomic E-state index is 14.1. The Morgan fingerprint density at radius 2 is 1.96 bits per heavy atom. The minimum atomic E-state index is -0.661. The molecule has 124 valence electrons.